The van der Waals surface area contributed by atoms with Crippen molar-refractivity contribution in [2.75, 3.05) is 6.61 Å². The summed E-state index contributed by atoms with van der Waals surface area (Å²) in [6.07, 6.45) is 5.41. The van der Waals surface area contributed by atoms with E-state index in [1.54, 1.807) is 0 Å². The van der Waals surface area contributed by atoms with Crippen LogP contribution in [0.5, 0.6) is 0 Å². The SMILES string of the molecule is CC(CC(NN)C1=CCCO1)CC(C)(C)C. The first-order valence-corrected chi connectivity index (χ1v) is 6.21. The van der Waals surface area contributed by atoms with Gasteiger partial charge in [-0.05, 0) is 30.3 Å². The molecule has 3 heteroatoms. The van der Waals surface area contributed by atoms with Gasteiger partial charge in [0.05, 0.1) is 12.6 Å². The van der Waals surface area contributed by atoms with Crippen molar-refractivity contribution < 1.29 is 4.74 Å². The third-order valence-corrected chi connectivity index (χ3v) is 2.88. The van der Waals surface area contributed by atoms with Crippen LogP contribution < -0.4 is 11.3 Å². The number of hydrazine groups is 1. The van der Waals surface area contributed by atoms with Crippen LogP contribution in [0.3, 0.4) is 0 Å². The summed E-state index contributed by atoms with van der Waals surface area (Å²) < 4.78 is 5.56. The number of hydrogen-bond donors (Lipinski definition) is 2. The zero-order valence-electron chi connectivity index (χ0n) is 11.0. The molecule has 0 amide bonds. The third kappa shape index (κ3) is 4.54. The molecule has 2 unspecified atom stereocenters. The van der Waals surface area contributed by atoms with Crippen molar-refractivity contribution in [2.45, 2.75) is 53.0 Å². The summed E-state index contributed by atoms with van der Waals surface area (Å²) in [5, 5.41) is 0. The highest BCUT2D eigenvalue weighted by Crippen LogP contribution is 2.28. The standard InChI is InChI=1S/C13H26N2O/c1-10(9-13(2,3)4)8-11(15-14)12-6-5-7-16-12/h6,10-11,15H,5,7-9,14H2,1-4H3. The molecular weight excluding hydrogens is 200 g/mol. The predicted molar refractivity (Wildman–Crippen MR) is 67.6 cm³/mol. The Morgan fingerprint density at radius 2 is 2.19 bits per heavy atom. The van der Waals surface area contributed by atoms with Gasteiger partial charge in [-0.2, -0.15) is 0 Å². The van der Waals surface area contributed by atoms with Crippen molar-refractivity contribution in [2.24, 2.45) is 17.2 Å². The Hall–Kier alpha value is -0.540. The molecule has 0 aromatic heterocycles. The average molecular weight is 226 g/mol. The van der Waals surface area contributed by atoms with Gasteiger partial charge < -0.3 is 4.74 Å². The molecule has 1 rings (SSSR count). The molecule has 1 heterocycles. The van der Waals surface area contributed by atoms with E-state index in [4.69, 9.17) is 10.6 Å². The van der Waals surface area contributed by atoms with Crippen molar-refractivity contribution in [3.05, 3.63) is 11.8 Å². The zero-order valence-corrected chi connectivity index (χ0v) is 11.0. The van der Waals surface area contributed by atoms with Crippen LogP contribution in [0.15, 0.2) is 11.8 Å². The Morgan fingerprint density at radius 3 is 2.62 bits per heavy atom. The molecule has 0 saturated heterocycles. The zero-order chi connectivity index (χ0) is 12.2. The lowest BCUT2D eigenvalue weighted by atomic mass is 9.83. The number of nitrogens with one attached hydrogen (secondary N) is 1. The summed E-state index contributed by atoms with van der Waals surface area (Å²) >= 11 is 0. The molecule has 0 aromatic carbocycles. The fraction of sp³-hybridized carbons (Fsp3) is 0.846. The van der Waals surface area contributed by atoms with E-state index in [9.17, 15) is 0 Å². The summed E-state index contributed by atoms with van der Waals surface area (Å²) in [4.78, 5) is 0. The molecule has 3 nitrogen and oxygen atoms in total. The summed E-state index contributed by atoms with van der Waals surface area (Å²) in [6.45, 7) is 9.92. The van der Waals surface area contributed by atoms with Gasteiger partial charge in [0.2, 0.25) is 0 Å². The van der Waals surface area contributed by atoms with E-state index < -0.39 is 0 Å². The first-order valence-electron chi connectivity index (χ1n) is 6.21. The Kier molecular flexibility index (Phi) is 4.81. The van der Waals surface area contributed by atoms with E-state index in [1.807, 2.05) is 0 Å². The van der Waals surface area contributed by atoms with Crippen LogP contribution in [0.1, 0.15) is 47.0 Å². The number of hydrogen-bond acceptors (Lipinski definition) is 3. The number of rotatable bonds is 5. The molecule has 2 atom stereocenters. The van der Waals surface area contributed by atoms with Crippen LogP contribution in [-0.2, 0) is 4.74 Å². The van der Waals surface area contributed by atoms with E-state index in [0.717, 1.165) is 25.2 Å². The monoisotopic (exact) mass is 226 g/mol. The first-order chi connectivity index (χ1) is 7.42. The smallest absolute Gasteiger partial charge is 0.110 e. The summed E-state index contributed by atoms with van der Waals surface area (Å²) in [7, 11) is 0. The lowest BCUT2D eigenvalue weighted by molar-refractivity contribution is 0.196. The third-order valence-electron chi connectivity index (χ3n) is 2.88. The fourth-order valence-corrected chi connectivity index (χ4v) is 2.48. The molecule has 16 heavy (non-hydrogen) atoms. The Balaban J connectivity index is 2.43. The minimum absolute atomic E-state index is 0.180. The normalized spacial score (nSPS) is 20.2. The molecule has 0 spiro atoms. The predicted octanol–water partition coefficient (Wildman–Crippen LogP) is 2.58. The fourth-order valence-electron chi connectivity index (χ4n) is 2.48. The highest BCUT2D eigenvalue weighted by Gasteiger charge is 2.22. The molecule has 1 aliphatic heterocycles. The topological polar surface area (TPSA) is 47.3 Å². The van der Waals surface area contributed by atoms with E-state index >= 15 is 0 Å². The lowest BCUT2D eigenvalue weighted by Crippen LogP contribution is -2.38. The van der Waals surface area contributed by atoms with Gasteiger partial charge in [0.1, 0.15) is 5.76 Å². The molecule has 3 N–H and O–H groups in total. The first kappa shape index (κ1) is 13.5. The minimum atomic E-state index is 0.180. The molecule has 0 radical (unpaired) electrons. The highest BCUT2D eigenvalue weighted by atomic mass is 16.5. The van der Waals surface area contributed by atoms with Gasteiger partial charge >= 0.3 is 0 Å². The second-order valence-electron chi connectivity index (χ2n) is 6.07. The Morgan fingerprint density at radius 1 is 1.50 bits per heavy atom. The maximum absolute atomic E-state index is 5.59. The number of nitrogens with two attached hydrogens (primary N) is 1. The van der Waals surface area contributed by atoms with Crippen molar-refractivity contribution in [1.82, 2.24) is 5.43 Å². The second-order valence-corrected chi connectivity index (χ2v) is 6.07. The second kappa shape index (κ2) is 5.69. The Bertz CT molecular complexity index is 243. The minimum Gasteiger partial charge on any atom is -0.496 e. The summed E-state index contributed by atoms with van der Waals surface area (Å²) in [6, 6.07) is 0.180. The van der Waals surface area contributed by atoms with E-state index in [2.05, 4.69) is 39.2 Å². The summed E-state index contributed by atoms with van der Waals surface area (Å²) in [5.74, 6) is 7.27. The van der Waals surface area contributed by atoms with Gasteiger partial charge in [0.15, 0.2) is 0 Å². The molecule has 0 fully saturated rings. The highest BCUT2D eigenvalue weighted by molar-refractivity contribution is 5.06. The largest absolute Gasteiger partial charge is 0.496 e. The molecule has 0 aromatic rings. The van der Waals surface area contributed by atoms with Gasteiger partial charge in [0, 0.05) is 6.42 Å². The number of ether oxygens (including phenoxy) is 1. The van der Waals surface area contributed by atoms with Crippen LogP contribution in [-0.4, -0.2) is 12.6 Å². The lowest BCUT2D eigenvalue weighted by Gasteiger charge is -2.26. The molecule has 0 bridgehead atoms. The van der Waals surface area contributed by atoms with Gasteiger partial charge in [0.25, 0.3) is 0 Å². The molecule has 0 aliphatic carbocycles. The van der Waals surface area contributed by atoms with Crippen molar-refractivity contribution in [1.29, 1.82) is 0 Å². The van der Waals surface area contributed by atoms with Crippen LogP contribution in [0.2, 0.25) is 0 Å². The average Bonchev–Trinajstić information content (AvgIpc) is 2.63. The van der Waals surface area contributed by atoms with E-state index in [-0.39, 0.29) is 6.04 Å². The Labute approximate surface area is 99.4 Å². The molecule has 0 saturated carbocycles. The van der Waals surface area contributed by atoms with E-state index in [1.165, 1.54) is 6.42 Å². The van der Waals surface area contributed by atoms with Crippen LogP contribution >= 0.6 is 0 Å². The van der Waals surface area contributed by atoms with Crippen LogP contribution in [0.25, 0.3) is 0 Å². The van der Waals surface area contributed by atoms with Crippen LogP contribution in [0, 0.1) is 11.3 Å². The van der Waals surface area contributed by atoms with Crippen molar-refractivity contribution in [3.63, 3.8) is 0 Å². The van der Waals surface area contributed by atoms with Gasteiger partial charge in [-0.3, -0.25) is 5.84 Å². The molecule has 94 valence electrons. The van der Waals surface area contributed by atoms with E-state index in [0.29, 0.717) is 11.3 Å². The molecule has 1 aliphatic rings. The molecular formula is C13H26N2O. The van der Waals surface area contributed by atoms with Gasteiger partial charge in [-0.1, -0.05) is 27.7 Å². The van der Waals surface area contributed by atoms with Crippen LogP contribution in [0.4, 0.5) is 0 Å². The quantitative estimate of drug-likeness (QED) is 0.559. The van der Waals surface area contributed by atoms with Gasteiger partial charge in [-0.15, -0.1) is 0 Å². The van der Waals surface area contributed by atoms with Gasteiger partial charge in [-0.25, -0.2) is 5.43 Å². The summed E-state index contributed by atoms with van der Waals surface area (Å²) in [5.41, 5.74) is 3.25. The van der Waals surface area contributed by atoms with Crippen molar-refractivity contribution >= 4 is 0 Å². The van der Waals surface area contributed by atoms with Crippen molar-refractivity contribution in [3.8, 4) is 0 Å². The maximum Gasteiger partial charge on any atom is 0.110 e. The maximum atomic E-state index is 5.59.